The molecule has 0 radical (unpaired) electrons. The van der Waals surface area contributed by atoms with Crippen LogP contribution in [0.15, 0.2) is 41.7 Å². The van der Waals surface area contributed by atoms with E-state index in [-0.39, 0.29) is 11.8 Å². The smallest absolute Gasteiger partial charge is 0.274 e. The van der Waals surface area contributed by atoms with Crippen LogP contribution in [0.5, 0.6) is 0 Å². The summed E-state index contributed by atoms with van der Waals surface area (Å²) in [6.45, 7) is 2.11. The molecule has 0 unspecified atom stereocenters. The van der Waals surface area contributed by atoms with Gasteiger partial charge >= 0.3 is 0 Å². The molecular weight excluding hydrogens is 348 g/mol. The van der Waals surface area contributed by atoms with Crippen LogP contribution in [0.1, 0.15) is 32.8 Å². The van der Waals surface area contributed by atoms with E-state index < -0.39 is 0 Å². The molecule has 2 amide bonds. The number of nitrogens with zero attached hydrogens (tertiary/aromatic N) is 4. The Kier molecular flexibility index (Phi) is 4.88. The molecule has 1 aromatic heterocycles. The van der Waals surface area contributed by atoms with Gasteiger partial charge in [-0.05, 0) is 42.4 Å². The van der Waals surface area contributed by atoms with Gasteiger partial charge in [0.1, 0.15) is 5.69 Å². The van der Waals surface area contributed by atoms with Gasteiger partial charge in [0, 0.05) is 49.0 Å². The molecular formula is C19H20N4O2S. The molecule has 1 saturated heterocycles. The van der Waals surface area contributed by atoms with E-state index in [0.717, 1.165) is 17.7 Å². The summed E-state index contributed by atoms with van der Waals surface area (Å²) in [7, 11) is 0. The van der Waals surface area contributed by atoms with Crippen molar-refractivity contribution in [2.24, 2.45) is 0 Å². The van der Waals surface area contributed by atoms with E-state index in [1.54, 1.807) is 11.1 Å². The maximum absolute atomic E-state index is 12.8. The number of benzene rings is 1. The fraction of sp³-hybridized carbons (Fsp3) is 0.368. The minimum Gasteiger partial charge on any atom is -0.335 e. The number of carbonyl (C=O) groups excluding carboxylic acids is 2. The number of fused-ring (bicyclic) bond motifs is 1. The Morgan fingerprint density at radius 3 is 2.50 bits per heavy atom. The highest BCUT2D eigenvalue weighted by atomic mass is 32.2. The number of amides is 2. The Morgan fingerprint density at radius 1 is 1.00 bits per heavy atom. The number of carbonyl (C=O) groups is 2. The van der Waals surface area contributed by atoms with Gasteiger partial charge in [0.2, 0.25) is 0 Å². The van der Waals surface area contributed by atoms with Crippen LogP contribution in [0, 0.1) is 0 Å². The summed E-state index contributed by atoms with van der Waals surface area (Å²) in [5.41, 5.74) is 2.38. The van der Waals surface area contributed by atoms with Crippen LogP contribution in [0.3, 0.4) is 0 Å². The minimum atomic E-state index is -0.129. The van der Waals surface area contributed by atoms with Crippen molar-refractivity contribution < 1.29 is 9.59 Å². The normalized spacial score (nSPS) is 16.9. The molecule has 0 saturated carbocycles. The molecule has 0 atom stereocenters. The van der Waals surface area contributed by atoms with Crippen LogP contribution in [0.2, 0.25) is 0 Å². The van der Waals surface area contributed by atoms with E-state index in [2.05, 4.69) is 16.0 Å². The number of hydrogen-bond donors (Lipinski definition) is 0. The lowest BCUT2D eigenvalue weighted by Crippen LogP contribution is -2.50. The largest absolute Gasteiger partial charge is 0.335 e. The molecule has 4 rings (SSSR count). The summed E-state index contributed by atoms with van der Waals surface area (Å²) in [6, 6.07) is 6.04. The monoisotopic (exact) mass is 368 g/mol. The van der Waals surface area contributed by atoms with Gasteiger partial charge in [0.05, 0.1) is 6.20 Å². The highest BCUT2D eigenvalue weighted by Crippen LogP contribution is 2.30. The molecule has 0 spiro atoms. The summed E-state index contributed by atoms with van der Waals surface area (Å²) < 4.78 is 0. The quantitative estimate of drug-likeness (QED) is 0.812. The first-order valence-corrected chi connectivity index (χ1v) is 9.81. The molecule has 2 aliphatic rings. The first kappa shape index (κ1) is 17.0. The number of aryl methyl sites for hydroxylation is 1. The van der Waals surface area contributed by atoms with Crippen molar-refractivity contribution in [3.63, 3.8) is 0 Å². The zero-order valence-electron chi connectivity index (χ0n) is 14.4. The maximum atomic E-state index is 12.8. The highest BCUT2D eigenvalue weighted by molar-refractivity contribution is 7.99. The lowest BCUT2D eigenvalue weighted by molar-refractivity contribution is 0.0532. The van der Waals surface area contributed by atoms with Crippen LogP contribution < -0.4 is 0 Å². The number of thioether (sulfide) groups is 1. The topological polar surface area (TPSA) is 66.4 Å². The molecule has 0 bridgehead atoms. The summed E-state index contributed by atoms with van der Waals surface area (Å²) in [6.07, 6.45) is 6.75. The summed E-state index contributed by atoms with van der Waals surface area (Å²) in [5, 5.41) is 0. The third kappa shape index (κ3) is 3.44. The molecule has 0 N–H and O–H groups in total. The number of rotatable bonds is 2. The molecule has 1 aromatic carbocycles. The van der Waals surface area contributed by atoms with Crippen molar-refractivity contribution in [1.82, 2.24) is 19.8 Å². The van der Waals surface area contributed by atoms with Gasteiger partial charge in [0.25, 0.3) is 11.8 Å². The van der Waals surface area contributed by atoms with Crippen LogP contribution in [-0.2, 0) is 6.42 Å². The Hall–Kier alpha value is -2.41. The molecule has 3 heterocycles. The standard InChI is InChI=1S/C19H20N4O2S/c24-18(15-3-4-17-14(12-15)2-1-11-26-17)22-7-9-23(10-8-22)19(25)16-13-20-5-6-21-16/h3-6,12-13H,1-2,7-11H2. The molecule has 0 aliphatic carbocycles. The lowest BCUT2D eigenvalue weighted by atomic mass is 10.0. The van der Waals surface area contributed by atoms with Gasteiger partial charge < -0.3 is 9.80 Å². The van der Waals surface area contributed by atoms with Gasteiger partial charge in [-0.3, -0.25) is 14.6 Å². The zero-order chi connectivity index (χ0) is 17.9. The van der Waals surface area contributed by atoms with Gasteiger partial charge in [0.15, 0.2) is 0 Å². The van der Waals surface area contributed by atoms with Crippen LogP contribution in [0.4, 0.5) is 0 Å². The lowest BCUT2D eigenvalue weighted by Gasteiger charge is -2.34. The zero-order valence-corrected chi connectivity index (χ0v) is 15.2. The van der Waals surface area contributed by atoms with Gasteiger partial charge in [-0.2, -0.15) is 0 Å². The summed E-state index contributed by atoms with van der Waals surface area (Å²) >= 11 is 1.87. The van der Waals surface area contributed by atoms with Gasteiger partial charge in [-0.15, -0.1) is 11.8 Å². The fourth-order valence-corrected chi connectivity index (χ4v) is 4.38. The predicted octanol–water partition coefficient (Wildman–Crippen LogP) is 2.11. The van der Waals surface area contributed by atoms with Crippen molar-refractivity contribution in [1.29, 1.82) is 0 Å². The number of aromatic nitrogens is 2. The van der Waals surface area contributed by atoms with E-state index in [9.17, 15) is 9.59 Å². The molecule has 1 fully saturated rings. The SMILES string of the molecule is O=C(c1ccc2c(c1)CCCS2)N1CCN(C(=O)c2cnccn2)CC1. The Morgan fingerprint density at radius 2 is 1.77 bits per heavy atom. The van der Waals surface area contributed by atoms with Crippen molar-refractivity contribution in [3.05, 3.63) is 53.6 Å². The summed E-state index contributed by atoms with van der Waals surface area (Å²) in [5.74, 6) is 1.08. The third-order valence-corrected chi connectivity index (χ3v) is 5.99. The van der Waals surface area contributed by atoms with Gasteiger partial charge in [-0.1, -0.05) is 0 Å². The predicted molar refractivity (Wildman–Crippen MR) is 99.3 cm³/mol. The Balaban J connectivity index is 1.40. The number of piperazine rings is 1. The van der Waals surface area contributed by atoms with Crippen molar-refractivity contribution >= 4 is 23.6 Å². The first-order chi connectivity index (χ1) is 12.7. The molecule has 2 aliphatic heterocycles. The van der Waals surface area contributed by atoms with Crippen molar-refractivity contribution in [2.45, 2.75) is 17.7 Å². The number of hydrogen-bond acceptors (Lipinski definition) is 5. The van der Waals surface area contributed by atoms with Crippen LogP contribution >= 0.6 is 11.8 Å². The van der Waals surface area contributed by atoms with E-state index >= 15 is 0 Å². The van der Waals surface area contributed by atoms with Gasteiger partial charge in [-0.25, -0.2) is 4.98 Å². The molecule has 26 heavy (non-hydrogen) atoms. The van der Waals surface area contributed by atoms with Crippen molar-refractivity contribution in [2.75, 3.05) is 31.9 Å². The minimum absolute atomic E-state index is 0.0509. The Labute approximate surface area is 156 Å². The summed E-state index contributed by atoms with van der Waals surface area (Å²) in [4.78, 5) is 38.1. The first-order valence-electron chi connectivity index (χ1n) is 8.82. The average Bonchev–Trinajstić information content (AvgIpc) is 2.73. The van der Waals surface area contributed by atoms with Crippen molar-refractivity contribution in [3.8, 4) is 0 Å². The Bertz CT molecular complexity index is 820. The van der Waals surface area contributed by atoms with Crippen LogP contribution in [-0.4, -0.2) is 63.5 Å². The second kappa shape index (κ2) is 7.45. The highest BCUT2D eigenvalue weighted by Gasteiger charge is 2.26. The fourth-order valence-electron chi connectivity index (χ4n) is 3.36. The van der Waals surface area contributed by atoms with E-state index in [0.29, 0.717) is 31.9 Å². The molecule has 134 valence electrons. The molecule has 7 heteroatoms. The van der Waals surface area contributed by atoms with E-state index in [1.807, 2.05) is 28.8 Å². The second-order valence-electron chi connectivity index (χ2n) is 6.45. The molecule has 2 aromatic rings. The van der Waals surface area contributed by atoms with Crippen LogP contribution in [0.25, 0.3) is 0 Å². The second-order valence-corrected chi connectivity index (χ2v) is 7.59. The molecule has 6 nitrogen and oxygen atoms in total. The maximum Gasteiger partial charge on any atom is 0.274 e. The van der Waals surface area contributed by atoms with E-state index in [4.69, 9.17) is 0 Å². The van der Waals surface area contributed by atoms with E-state index in [1.165, 1.54) is 29.3 Å². The average molecular weight is 368 g/mol. The third-order valence-electron chi connectivity index (χ3n) is 4.79.